The van der Waals surface area contributed by atoms with Crippen molar-refractivity contribution in [2.24, 2.45) is 5.92 Å². The molecule has 14 heavy (non-hydrogen) atoms. The van der Waals surface area contributed by atoms with Crippen LogP contribution < -0.4 is 5.32 Å². The fourth-order valence-corrected chi connectivity index (χ4v) is 2.67. The van der Waals surface area contributed by atoms with Crippen LogP contribution in [0.25, 0.3) is 0 Å². The first-order chi connectivity index (χ1) is 6.83. The number of nitrogens with one attached hydrogen (secondary N) is 1. The summed E-state index contributed by atoms with van der Waals surface area (Å²) in [4.78, 5) is 0. The highest BCUT2D eigenvalue weighted by Gasteiger charge is 2.33. The zero-order chi connectivity index (χ0) is 9.97. The Balaban J connectivity index is 2.03. The monoisotopic (exact) mass is 193 g/mol. The van der Waals surface area contributed by atoms with Crippen LogP contribution in [0.3, 0.4) is 0 Å². The highest BCUT2D eigenvalue weighted by molar-refractivity contribution is 5.16. The highest BCUT2D eigenvalue weighted by Crippen LogP contribution is 2.39. The first kappa shape index (κ1) is 9.78. The largest absolute Gasteiger partial charge is 0.472 e. The molecule has 3 unspecified atom stereocenters. The molecule has 0 radical (unpaired) electrons. The molecule has 0 aliphatic heterocycles. The van der Waals surface area contributed by atoms with E-state index in [1.807, 2.05) is 6.26 Å². The minimum absolute atomic E-state index is 0.692. The molecule has 0 bridgehead atoms. The van der Waals surface area contributed by atoms with Gasteiger partial charge in [-0.3, -0.25) is 0 Å². The van der Waals surface area contributed by atoms with E-state index in [-0.39, 0.29) is 0 Å². The Morgan fingerprint density at radius 1 is 1.50 bits per heavy atom. The minimum Gasteiger partial charge on any atom is -0.472 e. The summed E-state index contributed by atoms with van der Waals surface area (Å²) in [6, 6.07) is 2.80. The molecule has 0 saturated heterocycles. The summed E-state index contributed by atoms with van der Waals surface area (Å²) < 4.78 is 5.15. The van der Waals surface area contributed by atoms with Crippen molar-refractivity contribution >= 4 is 0 Å². The molecule has 1 aliphatic rings. The van der Waals surface area contributed by atoms with E-state index in [1.54, 1.807) is 6.26 Å². The lowest BCUT2D eigenvalue weighted by atomic mass is 9.91. The second-order valence-electron chi connectivity index (χ2n) is 4.26. The Hall–Kier alpha value is -0.760. The predicted octanol–water partition coefficient (Wildman–Crippen LogP) is 2.77. The van der Waals surface area contributed by atoms with Crippen molar-refractivity contribution in [3.63, 3.8) is 0 Å². The second-order valence-corrected chi connectivity index (χ2v) is 4.26. The third-order valence-electron chi connectivity index (χ3n) is 3.50. The second kappa shape index (κ2) is 4.18. The van der Waals surface area contributed by atoms with Crippen LogP contribution in [-0.4, -0.2) is 12.6 Å². The SMILES string of the molecule is CCNC1CCC(c2ccoc2)C1C. The zero-order valence-electron chi connectivity index (χ0n) is 8.99. The molecular formula is C12H19NO. The number of hydrogen-bond donors (Lipinski definition) is 1. The van der Waals surface area contributed by atoms with E-state index < -0.39 is 0 Å². The number of furan rings is 1. The molecule has 0 amide bonds. The molecular weight excluding hydrogens is 174 g/mol. The Morgan fingerprint density at radius 3 is 3.00 bits per heavy atom. The van der Waals surface area contributed by atoms with Gasteiger partial charge in [-0.05, 0) is 42.9 Å². The summed E-state index contributed by atoms with van der Waals surface area (Å²) in [5, 5.41) is 3.56. The summed E-state index contributed by atoms with van der Waals surface area (Å²) >= 11 is 0. The van der Waals surface area contributed by atoms with Gasteiger partial charge in [-0.15, -0.1) is 0 Å². The predicted molar refractivity (Wildman–Crippen MR) is 57.3 cm³/mol. The smallest absolute Gasteiger partial charge is 0.0937 e. The maximum absolute atomic E-state index is 5.15. The summed E-state index contributed by atoms with van der Waals surface area (Å²) in [6.45, 7) is 5.60. The third-order valence-corrected chi connectivity index (χ3v) is 3.50. The first-order valence-corrected chi connectivity index (χ1v) is 5.58. The maximum Gasteiger partial charge on any atom is 0.0937 e. The van der Waals surface area contributed by atoms with E-state index in [0.717, 1.165) is 12.5 Å². The van der Waals surface area contributed by atoms with Crippen LogP contribution in [0.4, 0.5) is 0 Å². The van der Waals surface area contributed by atoms with Gasteiger partial charge in [0.05, 0.1) is 12.5 Å². The van der Waals surface area contributed by atoms with E-state index in [0.29, 0.717) is 12.0 Å². The molecule has 1 N–H and O–H groups in total. The van der Waals surface area contributed by atoms with Gasteiger partial charge in [0.1, 0.15) is 0 Å². The summed E-state index contributed by atoms with van der Waals surface area (Å²) in [5.74, 6) is 1.42. The van der Waals surface area contributed by atoms with E-state index in [4.69, 9.17) is 4.42 Å². The quantitative estimate of drug-likeness (QED) is 0.798. The van der Waals surface area contributed by atoms with Crippen molar-refractivity contribution in [3.8, 4) is 0 Å². The van der Waals surface area contributed by atoms with Crippen LogP contribution in [0.5, 0.6) is 0 Å². The topological polar surface area (TPSA) is 25.2 Å². The molecule has 1 heterocycles. The standard InChI is InChI=1S/C12H19NO/c1-3-13-12-5-4-11(9(12)2)10-6-7-14-8-10/h6-9,11-13H,3-5H2,1-2H3. The van der Waals surface area contributed by atoms with Gasteiger partial charge in [0.2, 0.25) is 0 Å². The number of rotatable bonds is 3. The molecule has 0 aromatic carbocycles. The Kier molecular flexibility index (Phi) is 2.92. The van der Waals surface area contributed by atoms with E-state index in [9.17, 15) is 0 Å². The van der Waals surface area contributed by atoms with Crippen molar-refractivity contribution in [2.75, 3.05) is 6.54 Å². The average molecular weight is 193 g/mol. The first-order valence-electron chi connectivity index (χ1n) is 5.58. The van der Waals surface area contributed by atoms with Crippen molar-refractivity contribution < 1.29 is 4.42 Å². The molecule has 1 fully saturated rings. The maximum atomic E-state index is 5.15. The molecule has 1 aromatic heterocycles. The fraction of sp³-hybridized carbons (Fsp3) is 0.667. The molecule has 3 atom stereocenters. The van der Waals surface area contributed by atoms with Crippen LogP contribution in [0, 0.1) is 5.92 Å². The van der Waals surface area contributed by atoms with Gasteiger partial charge < -0.3 is 9.73 Å². The summed E-state index contributed by atoms with van der Waals surface area (Å²) in [7, 11) is 0. The lowest BCUT2D eigenvalue weighted by Gasteiger charge is -2.20. The van der Waals surface area contributed by atoms with E-state index in [1.165, 1.54) is 18.4 Å². The normalized spacial score (nSPS) is 32.3. The van der Waals surface area contributed by atoms with Crippen molar-refractivity contribution in [1.82, 2.24) is 5.32 Å². The molecule has 2 rings (SSSR count). The fourth-order valence-electron chi connectivity index (χ4n) is 2.67. The van der Waals surface area contributed by atoms with Gasteiger partial charge in [-0.1, -0.05) is 13.8 Å². The van der Waals surface area contributed by atoms with Gasteiger partial charge >= 0.3 is 0 Å². The van der Waals surface area contributed by atoms with E-state index in [2.05, 4.69) is 25.2 Å². The van der Waals surface area contributed by atoms with Crippen LogP contribution in [0.1, 0.15) is 38.2 Å². The molecule has 78 valence electrons. The lowest BCUT2D eigenvalue weighted by molar-refractivity contribution is 0.410. The summed E-state index contributed by atoms with van der Waals surface area (Å²) in [6.07, 6.45) is 6.27. The van der Waals surface area contributed by atoms with Crippen molar-refractivity contribution in [3.05, 3.63) is 24.2 Å². The van der Waals surface area contributed by atoms with Crippen LogP contribution in [-0.2, 0) is 0 Å². The molecule has 1 saturated carbocycles. The lowest BCUT2D eigenvalue weighted by Crippen LogP contribution is -2.31. The molecule has 0 spiro atoms. The van der Waals surface area contributed by atoms with Gasteiger partial charge in [0, 0.05) is 6.04 Å². The molecule has 1 aliphatic carbocycles. The van der Waals surface area contributed by atoms with Crippen LogP contribution in [0.2, 0.25) is 0 Å². The third kappa shape index (κ3) is 1.71. The van der Waals surface area contributed by atoms with Crippen molar-refractivity contribution in [2.45, 2.75) is 38.6 Å². The Labute approximate surface area is 85.7 Å². The zero-order valence-corrected chi connectivity index (χ0v) is 8.99. The van der Waals surface area contributed by atoms with Crippen LogP contribution >= 0.6 is 0 Å². The molecule has 2 nitrogen and oxygen atoms in total. The Morgan fingerprint density at radius 2 is 2.36 bits per heavy atom. The van der Waals surface area contributed by atoms with Gasteiger partial charge in [0.25, 0.3) is 0 Å². The highest BCUT2D eigenvalue weighted by atomic mass is 16.3. The molecule has 2 heteroatoms. The average Bonchev–Trinajstić information content (AvgIpc) is 2.77. The van der Waals surface area contributed by atoms with Gasteiger partial charge in [0.15, 0.2) is 0 Å². The number of hydrogen-bond acceptors (Lipinski definition) is 2. The minimum atomic E-state index is 0.692. The van der Waals surface area contributed by atoms with Gasteiger partial charge in [-0.2, -0.15) is 0 Å². The Bertz CT molecular complexity index is 268. The van der Waals surface area contributed by atoms with E-state index >= 15 is 0 Å². The van der Waals surface area contributed by atoms with Crippen LogP contribution in [0.15, 0.2) is 23.0 Å². The molecule has 1 aromatic rings. The van der Waals surface area contributed by atoms with Gasteiger partial charge in [-0.25, -0.2) is 0 Å². The summed E-state index contributed by atoms with van der Waals surface area (Å²) in [5.41, 5.74) is 1.37. The van der Waals surface area contributed by atoms with Crippen molar-refractivity contribution in [1.29, 1.82) is 0 Å².